The quantitative estimate of drug-likeness (QED) is 0.433. The van der Waals surface area contributed by atoms with Gasteiger partial charge in [-0.1, -0.05) is 82.5 Å². The molecule has 120 valence electrons. The molecule has 0 aliphatic heterocycles. The highest BCUT2D eigenvalue weighted by molar-refractivity contribution is 6.30. The number of benzene rings is 1. The average Bonchev–Trinajstić information content (AvgIpc) is 2.49. The largest absolute Gasteiger partial charge is 0.310 e. The number of nitrogens with one attached hydrogen (secondary N) is 1. The van der Waals surface area contributed by atoms with Crippen LogP contribution in [0.5, 0.6) is 0 Å². The molecule has 0 saturated heterocycles. The first-order chi connectivity index (χ1) is 10.3. The molecule has 2 heteroatoms. The summed E-state index contributed by atoms with van der Waals surface area (Å²) in [5, 5.41) is 4.50. The highest BCUT2D eigenvalue weighted by Crippen LogP contribution is 2.20. The minimum Gasteiger partial charge on any atom is -0.310 e. The predicted molar refractivity (Wildman–Crippen MR) is 95.1 cm³/mol. The van der Waals surface area contributed by atoms with Crippen molar-refractivity contribution in [3.8, 4) is 0 Å². The van der Waals surface area contributed by atoms with Gasteiger partial charge in [0.15, 0.2) is 0 Å². The smallest absolute Gasteiger partial charge is 0.0409 e. The van der Waals surface area contributed by atoms with Gasteiger partial charge < -0.3 is 5.32 Å². The molecular weight excluding hydrogens is 278 g/mol. The molecule has 0 amide bonds. The van der Waals surface area contributed by atoms with Crippen LogP contribution in [0.2, 0.25) is 5.02 Å². The summed E-state index contributed by atoms with van der Waals surface area (Å²) in [6.45, 7) is 5.61. The van der Waals surface area contributed by atoms with Crippen LogP contribution in [0.4, 0.5) is 0 Å². The lowest BCUT2D eigenvalue weighted by Crippen LogP contribution is -2.21. The van der Waals surface area contributed by atoms with E-state index >= 15 is 0 Å². The Kier molecular flexibility index (Phi) is 10.6. The van der Waals surface area contributed by atoms with Gasteiger partial charge in [-0.15, -0.1) is 0 Å². The molecule has 1 nitrogen and oxygen atoms in total. The van der Waals surface area contributed by atoms with Crippen LogP contribution in [0.15, 0.2) is 24.3 Å². The molecule has 1 unspecified atom stereocenters. The Hall–Kier alpha value is -0.530. The van der Waals surface area contributed by atoms with Gasteiger partial charge in [0.1, 0.15) is 0 Å². The Labute approximate surface area is 136 Å². The van der Waals surface area contributed by atoms with E-state index < -0.39 is 0 Å². The summed E-state index contributed by atoms with van der Waals surface area (Å²) in [4.78, 5) is 0. The van der Waals surface area contributed by atoms with Gasteiger partial charge in [-0.05, 0) is 37.1 Å². The van der Waals surface area contributed by atoms with E-state index in [1.807, 2.05) is 12.1 Å². The van der Waals surface area contributed by atoms with Gasteiger partial charge in [-0.2, -0.15) is 0 Å². The van der Waals surface area contributed by atoms with Gasteiger partial charge in [0.2, 0.25) is 0 Å². The van der Waals surface area contributed by atoms with Crippen LogP contribution in [0.1, 0.15) is 83.2 Å². The first-order valence-electron chi connectivity index (χ1n) is 8.76. The molecule has 1 rings (SSSR count). The van der Waals surface area contributed by atoms with Crippen molar-refractivity contribution in [3.05, 3.63) is 34.9 Å². The second kappa shape index (κ2) is 12.1. The first-order valence-corrected chi connectivity index (χ1v) is 9.14. The topological polar surface area (TPSA) is 12.0 Å². The van der Waals surface area contributed by atoms with E-state index in [1.54, 1.807) is 0 Å². The summed E-state index contributed by atoms with van der Waals surface area (Å²) in [5.74, 6) is 0. The third-order valence-corrected chi connectivity index (χ3v) is 4.32. The average molecular weight is 310 g/mol. The predicted octanol–water partition coefficient (Wildman–Crippen LogP) is 6.52. The van der Waals surface area contributed by atoms with Gasteiger partial charge in [0, 0.05) is 11.1 Å². The second-order valence-corrected chi connectivity index (χ2v) is 6.38. The fourth-order valence-corrected chi connectivity index (χ4v) is 2.96. The SMILES string of the molecule is CCCCCCCCCCNC(CC)c1cccc(Cl)c1. The molecule has 0 bridgehead atoms. The third-order valence-electron chi connectivity index (χ3n) is 4.08. The lowest BCUT2D eigenvalue weighted by Gasteiger charge is -2.17. The molecule has 1 atom stereocenters. The van der Waals surface area contributed by atoms with Crippen molar-refractivity contribution < 1.29 is 0 Å². The van der Waals surface area contributed by atoms with E-state index in [9.17, 15) is 0 Å². The van der Waals surface area contributed by atoms with E-state index in [4.69, 9.17) is 11.6 Å². The van der Waals surface area contributed by atoms with Gasteiger partial charge in [0.05, 0.1) is 0 Å². The number of rotatable bonds is 12. The zero-order valence-corrected chi connectivity index (χ0v) is 14.6. The normalized spacial score (nSPS) is 12.5. The summed E-state index contributed by atoms with van der Waals surface area (Å²) in [6, 6.07) is 8.67. The highest BCUT2D eigenvalue weighted by atomic mass is 35.5. The summed E-state index contributed by atoms with van der Waals surface area (Å²) in [6.07, 6.45) is 12.1. The van der Waals surface area contributed by atoms with Crippen LogP contribution < -0.4 is 5.32 Å². The van der Waals surface area contributed by atoms with Crippen molar-refractivity contribution in [2.45, 2.75) is 77.7 Å². The third kappa shape index (κ3) is 8.48. The van der Waals surface area contributed by atoms with E-state index in [2.05, 4.69) is 31.3 Å². The van der Waals surface area contributed by atoms with Crippen LogP contribution in [-0.2, 0) is 0 Å². The van der Waals surface area contributed by atoms with Gasteiger partial charge >= 0.3 is 0 Å². The molecule has 0 saturated carbocycles. The molecule has 0 radical (unpaired) electrons. The molecule has 1 aromatic carbocycles. The second-order valence-electron chi connectivity index (χ2n) is 5.94. The minimum absolute atomic E-state index is 0.438. The van der Waals surface area contributed by atoms with Crippen LogP contribution in [0.3, 0.4) is 0 Å². The molecule has 0 aliphatic rings. The lowest BCUT2D eigenvalue weighted by molar-refractivity contribution is 0.491. The van der Waals surface area contributed by atoms with E-state index in [-0.39, 0.29) is 0 Å². The van der Waals surface area contributed by atoms with Crippen LogP contribution in [0, 0.1) is 0 Å². The molecule has 0 heterocycles. The van der Waals surface area contributed by atoms with Crippen molar-refractivity contribution in [2.75, 3.05) is 6.54 Å². The number of hydrogen-bond acceptors (Lipinski definition) is 1. The number of hydrogen-bond donors (Lipinski definition) is 1. The zero-order valence-electron chi connectivity index (χ0n) is 13.8. The molecular formula is C19H32ClN. The highest BCUT2D eigenvalue weighted by Gasteiger charge is 2.08. The number of unbranched alkanes of at least 4 members (excludes halogenated alkanes) is 7. The van der Waals surface area contributed by atoms with E-state index in [0.717, 1.165) is 18.0 Å². The standard InChI is InChI=1S/C19H32ClN/c1-3-5-6-7-8-9-10-11-15-21-19(4-2)17-13-12-14-18(20)16-17/h12-14,16,19,21H,3-11,15H2,1-2H3. The lowest BCUT2D eigenvalue weighted by atomic mass is 10.0. The maximum Gasteiger partial charge on any atom is 0.0409 e. The summed E-state index contributed by atoms with van der Waals surface area (Å²) in [7, 11) is 0. The van der Waals surface area contributed by atoms with Crippen molar-refractivity contribution in [2.24, 2.45) is 0 Å². The fraction of sp³-hybridized carbons (Fsp3) is 0.684. The molecule has 0 aliphatic carbocycles. The fourth-order valence-electron chi connectivity index (χ4n) is 2.76. The monoisotopic (exact) mass is 309 g/mol. The van der Waals surface area contributed by atoms with Crippen LogP contribution in [-0.4, -0.2) is 6.54 Å². The Morgan fingerprint density at radius 3 is 2.24 bits per heavy atom. The molecule has 21 heavy (non-hydrogen) atoms. The minimum atomic E-state index is 0.438. The molecule has 1 N–H and O–H groups in total. The van der Waals surface area contributed by atoms with Crippen molar-refractivity contribution in [3.63, 3.8) is 0 Å². The Bertz CT molecular complexity index is 364. The van der Waals surface area contributed by atoms with E-state index in [1.165, 1.54) is 56.9 Å². The van der Waals surface area contributed by atoms with Crippen molar-refractivity contribution >= 4 is 11.6 Å². The van der Waals surface area contributed by atoms with E-state index in [0.29, 0.717) is 6.04 Å². The maximum atomic E-state index is 6.07. The maximum absolute atomic E-state index is 6.07. The number of halogens is 1. The molecule has 0 aromatic heterocycles. The first kappa shape index (κ1) is 18.5. The van der Waals surface area contributed by atoms with Crippen molar-refractivity contribution in [1.82, 2.24) is 5.32 Å². The van der Waals surface area contributed by atoms with Gasteiger partial charge in [-0.25, -0.2) is 0 Å². The molecule has 0 fully saturated rings. The van der Waals surface area contributed by atoms with Gasteiger partial charge in [0.25, 0.3) is 0 Å². The summed E-state index contributed by atoms with van der Waals surface area (Å²) >= 11 is 6.07. The molecule has 1 aromatic rings. The van der Waals surface area contributed by atoms with Gasteiger partial charge in [-0.3, -0.25) is 0 Å². The Balaban J connectivity index is 2.10. The van der Waals surface area contributed by atoms with Crippen molar-refractivity contribution in [1.29, 1.82) is 0 Å². The Morgan fingerprint density at radius 1 is 0.952 bits per heavy atom. The summed E-state index contributed by atoms with van der Waals surface area (Å²) in [5.41, 5.74) is 1.31. The summed E-state index contributed by atoms with van der Waals surface area (Å²) < 4.78 is 0. The molecule has 0 spiro atoms. The zero-order chi connectivity index (χ0) is 15.3. The van der Waals surface area contributed by atoms with Crippen LogP contribution in [0.25, 0.3) is 0 Å². The Morgan fingerprint density at radius 2 is 1.62 bits per heavy atom. The van der Waals surface area contributed by atoms with Crippen LogP contribution >= 0.6 is 11.6 Å².